The number of aliphatic hydroxyl groups excluding tert-OH is 1. The Bertz CT molecular complexity index is 493. The highest BCUT2D eigenvalue weighted by atomic mass is 16.5. The molecule has 1 unspecified atom stereocenters. The van der Waals surface area contributed by atoms with Gasteiger partial charge >= 0.3 is 0 Å². The number of carbonyl (C=O) groups is 1. The molecule has 1 heterocycles. The summed E-state index contributed by atoms with van der Waals surface area (Å²) in [5.41, 5.74) is 1.42. The smallest absolute Gasteiger partial charge is 0.251 e. The molecule has 4 heteroatoms. The van der Waals surface area contributed by atoms with Gasteiger partial charge in [0, 0.05) is 30.9 Å². The fraction of sp³-hybridized carbons (Fsp3) is 0.438. The van der Waals surface area contributed by atoms with Gasteiger partial charge in [-0.2, -0.15) is 0 Å². The van der Waals surface area contributed by atoms with Gasteiger partial charge < -0.3 is 15.2 Å². The number of hydrogen-bond acceptors (Lipinski definition) is 3. The second-order valence-electron chi connectivity index (χ2n) is 4.81. The molecule has 0 saturated carbocycles. The molecule has 1 atom stereocenters. The van der Waals surface area contributed by atoms with Crippen LogP contribution in [0.3, 0.4) is 0 Å². The van der Waals surface area contributed by atoms with Crippen molar-refractivity contribution in [2.24, 2.45) is 5.92 Å². The summed E-state index contributed by atoms with van der Waals surface area (Å²) in [6.07, 6.45) is 2.06. The van der Waals surface area contributed by atoms with Crippen LogP contribution in [-0.4, -0.2) is 37.4 Å². The number of rotatable bonds is 4. The first-order valence-electron chi connectivity index (χ1n) is 6.85. The fourth-order valence-electron chi connectivity index (χ4n) is 2.15. The van der Waals surface area contributed by atoms with Gasteiger partial charge in [-0.25, -0.2) is 0 Å². The molecule has 2 N–H and O–H groups in total. The van der Waals surface area contributed by atoms with E-state index in [1.807, 2.05) is 0 Å². The predicted octanol–water partition coefficient (Wildman–Crippen LogP) is 1.19. The SMILES string of the molecule is O=C(NCCC1CCOC1)c1ccc(C#CCO)cc1. The van der Waals surface area contributed by atoms with Gasteiger partial charge in [-0.15, -0.1) is 0 Å². The summed E-state index contributed by atoms with van der Waals surface area (Å²) in [4.78, 5) is 11.9. The van der Waals surface area contributed by atoms with E-state index in [9.17, 15) is 4.79 Å². The second-order valence-corrected chi connectivity index (χ2v) is 4.81. The van der Waals surface area contributed by atoms with Crippen molar-refractivity contribution in [3.05, 3.63) is 35.4 Å². The van der Waals surface area contributed by atoms with Gasteiger partial charge in [-0.1, -0.05) is 11.8 Å². The van der Waals surface area contributed by atoms with Crippen LogP contribution < -0.4 is 5.32 Å². The molecule has 1 amide bonds. The Morgan fingerprint density at radius 1 is 1.40 bits per heavy atom. The number of nitrogens with one attached hydrogen (secondary N) is 1. The lowest BCUT2D eigenvalue weighted by molar-refractivity contribution is 0.0950. The minimum Gasteiger partial charge on any atom is -0.384 e. The molecule has 1 aromatic rings. The Balaban J connectivity index is 1.79. The number of ether oxygens (including phenoxy) is 1. The van der Waals surface area contributed by atoms with E-state index in [4.69, 9.17) is 9.84 Å². The molecular weight excluding hydrogens is 254 g/mol. The molecule has 0 spiro atoms. The van der Waals surface area contributed by atoms with Crippen molar-refractivity contribution in [3.8, 4) is 11.8 Å². The van der Waals surface area contributed by atoms with Gasteiger partial charge in [0.25, 0.3) is 5.91 Å². The van der Waals surface area contributed by atoms with Crippen molar-refractivity contribution in [1.82, 2.24) is 5.32 Å². The molecule has 0 bridgehead atoms. The average molecular weight is 273 g/mol. The van der Waals surface area contributed by atoms with E-state index in [0.29, 0.717) is 18.0 Å². The molecule has 1 aliphatic rings. The summed E-state index contributed by atoms with van der Waals surface area (Å²) in [7, 11) is 0. The maximum absolute atomic E-state index is 11.9. The van der Waals surface area contributed by atoms with Crippen LogP contribution in [0.1, 0.15) is 28.8 Å². The normalized spacial score (nSPS) is 17.4. The molecule has 1 fully saturated rings. The second kappa shape index (κ2) is 7.68. The third kappa shape index (κ3) is 4.37. The van der Waals surface area contributed by atoms with Crippen LogP contribution in [0.15, 0.2) is 24.3 Å². The zero-order valence-electron chi connectivity index (χ0n) is 11.4. The summed E-state index contributed by atoms with van der Waals surface area (Å²) in [6.45, 7) is 2.18. The summed E-state index contributed by atoms with van der Waals surface area (Å²) >= 11 is 0. The minimum atomic E-state index is -0.160. The topological polar surface area (TPSA) is 58.6 Å². The van der Waals surface area contributed by atoms with Gasteiger partial charge in [-0.3, -0.25) is 4.79 Å². The number of hydrogen-bond donors (Lipinski definition) is 2. The van der Waals surface area contributed by atoms with E-state index in [0.717, 1.165) is 31.6 Å². The quantitative estimate of drug-likeness (QED) is 0.810. The van der Waals surface area contributed by atoms with E-state index >= 15 is 0 Å². The van der Waals surface area contributed by atoms with Crippen LogP contribution in [-0.2, 0) is 4.74 Å². The third-order valence-corrected chi connectivity index (χ3v) is 3.32. The molecule has 1 aliphatic heterocycles. The predicted molar refractivity (Wildman–Crippen MR) is 76.3 cm³/mol. The average Bonchev–Trinajstić information content (AvgIpc) is 2.99. The first-order valence-corrected chi connectivity index (χ1v) is 6.85. The van der Waals surface area contributed by atoms with E-state index in [1.165, 1.54) is 0 Å². The van der Waals surface area contributed by atoms with Crippen LogP contribution in [0.5, 0.6) is 0 Å². The summed E-state index contributed by atoms with van der Waals surface area (Å²) in [5.74, 6) is 5.88. The monoisotopic (exact) mass is 273 g/mol. The Labute approximate surface area is 119 Å². The van der Waals surface area contributed by atoms with Crippen molar-refractivity contribution in [2.45, 2.75) is 12.8 Å². The molecule has 0 aromatic heterocycles. The van der Waals surface area contributed by atoms with Crippen molar-refractivity contribution in [3.63, 3.8) is 0 Å². The molecule has 1 aromatic carbocycles. The van der Waals surface area contributed by atoms with Gasteiger partial charge in [0.1, 0.15) is 6.61 Å². The van der Waals surface area contributed by atoms with Gasteiger partial charge in [0.15, 0.2) is 0 Å². The molecule has 2 rings (SSSR count). The number of amides is 1. The van der Waals surface area contributed by atoms with Gasteiger partial charge in [0.05, 0.1) is 0 Å². The molecule has 4 nitrogen and oxygen atoms in total. The van der Waals surface area contributed by atoms with Crippen LogP contribution in [0, 0.1) is 17.8 Å². The Morgan fingerprint density at radius 2 is 2.20 bits per heavy atom. The number of carbonyl (C=O) groups excluding carboxylic acids is 1. The Kier molecular flexibility index (Phi) is 5.60. The largest absolute Gasteiger partial charge is 0.384 e. The van der Waals surface area contributed by atoms with Crippen LogP contribution in [0.25, 0.3) is 0 Å². The maximum Gasteiger partial charge on any atom is 0.251 e. The highest BCUT2D eigenvalue weighted by Gasteiger charge is 2.15. The van der Waals surface area contributed by atoms with Crippen LogP contribution in [0.2, 0.25) is 0 Å². The summed E-state index contributed by atoms with van der Waals surface area (Å²) in [6, 6.07) is 7.05. The lowest BCUT2D eigenvalue weighted by Gasteiger charge is -2.08. The van der Waals surface area contributed by atoms with E-state index < -0.39 is 0 Å². The molecule has 0 aliphatic carbocycles. The lowest BCUT2D eigenvalue weighted by Crippen LogP contribution is -2.26. The molecule has 106 valence electrons. The Morgan fingerprint density at radius 3 is 2.85 bits per heavy atom. The minimum absolute atomic E-state index is 0.0643. The molecular formula is C16H19NO3. The number of benzene rings is 1. The van der Waals surface area contributed by atoms with Crippen molar-refractivity contribution in [1.29, 1.82) is 0 Å². The third-order valence-electron chi connectivity index (χ3n) is 3.32. The number of aliphatic hydroxyl groups is 1. The fourth-order valence-corrected chi connectivity index (χ4v) is 2.15. The standard InChI is InChI=1S/C16H19NO3/c18-10-1-2-13-3-5-15(6-4-13)16(19)17-9-7-14-8-11-20-12-14/h3-6,14,18H,7-12H2,(H,17,19). The first kappa shape index (κ1) is 14.6. The highest BCUT2D eigenvalue weighted by molar-refractivity contribution is 5.94. The summed E-state index contributed by atoms with van der Waals surface area (Å²) in [5, 5.41) is 11.5. The van der Waals surface area contributed by atoms with E-state index in [-0.39, 0.29) is 12.5 Å². The molecule has 1 saturated heterocycles. The van der Waals surface area contributed by atoms with Gasteiger partial charge in [-0.05, 0) is 43.0 Å². The zero-order chi connectivity index (χ0) is 14.2. The van der Waals surface area contributed by atoms with E-state index in [1.54, 1.807) is 24.3 Å². The van der Waals surface area contributed by atoms with Crippen LogP contribution >= 0.6 is 0 Å². The van der Waals surface area contributed by atoms with Crippen molar-refractivity contribution < 1.29 is 14.6 Å². The molecule has 20 heavy (non-hydrogen) atoms. The molecule has 0 radical (unpaired) electrons. The summed E-state index contributed by atoms with van der Waals surface area (Å²) < 4.78 is 5.30. The van der Waals surface area contributed by atoms with Gasteiger partial charge in [0.2, 0.25) is 0 Å². The van der Waals surface area contributed by atoms with Crippen molar-refractivity contribution >= 4 is 5.91 Å². The first-order chi connectivity index (χ1) is 9.79. The van der Waals surface area contributed by atoms with Crippen LogP contribution in [0.4, 0.5) is 0 Å². The van der Waals surface area contributed by atoms with E-state index in [2.05, 4.69) is 17.2 Å². The Hall–Kier alpha value is -1.83. The lowest BCUT2D eigenvalue weighted by atomic mass is 10.1. The zero-order valence-corrected chi connectivity index (χ0v) is 11.4. The highest BCUT2D eigenvalue weighted by Crippen LogP contribution is 2.15. The maximum atomic E-state index is 11.9. The van der Waals surface area contributed by atoms with Crippen molar-refractivity contribution in [2.75, 3.05) is 26.4 Å².